The number of hydrogen-bond acceptors (Lipinski definition) is 7. The zero-order valence-electron chi connectivity index (χ0n) is 20.3. The lowest BCUT2D eigenvalue weighted by molar-refractivity contribution is -0.137. The first-order valence-electron chi connectivity index (χ1n) is 12.5. The van der Waals surface area contributed by atoms with Crippen LogP contribution < -0.4 is 5.56 Å². The van der Waals surface area contributed by atoms with Gasteiger partial charge >= 0.3 is 0 Å². The van der Waals surface area contributed by atoms with Gasteiger partial charge in [-0.05, 0) is 18.1 Å². The molecule has 9 heteroatoms. The van der Waals surface area contributed by atoms with Crippen LogP contribution in [0.2, 0.25) is 0 Å². The number of carbonyl (C=O) groups excluding carboxylic acids is 1. The lowest BCUT2D eigenvalue weighted by atomic mass is 10.1. The molecule has 9 nitrogen and oxygen atoms in total. The normalized spacial score (nSPS) is 18.7. The highest BCUT2D eigenvalue weighted by Gasteiger charge is 2.30. The molecule has 3 aromatic rings. The van der Waals surface area contributed by atoms with Crippen molar-refractivity contribution in [3.05, 3.63) is 64.4 Å². The number of ether oxygens (including phenoxy) is 1. The molecular formula is C26H33N5O4. The van der Waals surface area contributed by atoms with Crippen molar-refractivity contribution in [3.63, 3.8) is 0 Å². The van der Waals surface area contributed by atoms with Gasteiger partial charge in [0, 0.05) is 39.3 Å². The van der Waals surface area contributed by atoms with Gasteiger partial charge in [-0.3, -0.25) is 24.0 Å². The van der Waals surface area contributed by atoms with E-state index in [2.05, 4.69) is 16.7 Å². The van der Waals surface area contributed by atoms with Crippen molar-refractivity contribution in [2.75, 3.05) is 59.0 Å². The summed E-state index contributed by atoms with van der Waals surface area (Å²) in [6.07, 6.45) is 2.35. The first-order valence-corrected chi connectivity index (χ1v) is 12.5. The van der Waals surface area contributed by atoms with Crippen LogP contribution in [0.1, 0.15) is 30.8 Å². The van der Waals surface area contributed by atoms with Crippen LogP contribution in [0.25, 0.3) is 11.1 Å². The molecule has 2 aliphatic heterocycles. The van der Waals surface area contributed by atoms with Crippen molar-refractivity contribution in [1.29, 1.82) is 0 Å². The Morgan fingerprint density at radius 2 is 1.77 bits per heavy atom. The van der Waals surface area contributed by atoms with Gasteiger partial charge in [-0.2, -0.15) is 4.98 Å². The molecular weight excluding hydrogens is 446 g/mol. The van der Waals surface area contributed by atoms with Gasteiger partial charge in [0.05, 0.1) is 38.6 Å². The van der Waals surface area contributed by atoms with Crippen molar-refractivity contribution in [2.24, 2.45) is 0 Å². The summed E-state index contributed by atoms with van der Waals surface area (Å²) in [6.45, 7) is 8.87. The van der Waals surface area contributed by atoms with Crippen molar-refractivity contribution in [2.45, 2.75) is 25.9 Å². The Labute approximate surface area is 204 Å². The Bertz CT molecular complexity index is 1190. The summed E-state index contributed by atoms with van der Waals surface area (Å²) >= 11 is 0. The van der Waals surface area contributed by atoms with Gasteiger partial charge in [-0.25, -0.2) is 0 Å². The molecule has 35 heavy (non-hydrogen) atoms. The van der Waals surface area contributed by atoms with E-state index in [1.165, 1.54) is 6.26 Å². The van der Waals surface area contributed by atoms with Crippen LogP contribution in [0.3, 0.4) is 0 Å². The number of carbonyl (C=O) groups is 1. The third kappa shape index (κ3) is 5.17. The summed E-state index contributed by atoms with van der Waals surface area (Å²) < 4.78 is 12.7. The number of rotatable bonds is 7. The molecule has 1 unspecified atom stereocenters. The summed E-state index contributed by atoms with van der Waals surface area (Å²) in [5.74, 6) is 0.914. The van der Waals surface area contributed by atoms with Gasteiger partial charge in [0.2, 0.25) is 11.6 Å². The molecule has 1 aromatic carbocycles. The fraction of sp³-hybridized carbons (Fsp3) is 0.500. The molecule has 0 spiro atoms. The Balaban J connectivity index is 1.34. The van der Waals surface area contributed by atoms with E-state index < -0.39 is 0 Å². The Hall–Kier alpha value is -3.01. The molecule has 0 bridgehead atoms. The van der Waals surface area contributed by atoms with E-state index in [0.29, 0.717) is 50.5 Å². The molecule has 0 aliphatic carbocycles. The van der Waals surface area contributed by atoms with Gasteiger partial charge < -0.3 is 14.1 Å². The van der Waals surface area contributed by atoms with Gasteiger partial charge in [0.15, 0.2) is 0 Å². The largest absolute Gasteiger partial charge is 0.446 e. The summed E-state index contributed by atoms with van der Waals surface area (Å²) in [7, 11) is 0. The molecule has 2 aromatic heterocycles. The van der Waals surface area contributed by atoms with Crippen LogP contribution in [0.4, 0.5) is 0 Å². The molecule has 1 amide bonds. The van der Waals surface area contributed by atoms with Crippen LogP contribution in [0, 0.1) is 0 Å². The molecule has 5 rings (SSSR count). The van der Waals surface area contributed by atoms with E-state index in [1.54, 1.807) is 10.6 Å². The number of amides is 1. The molecule has 1 atom stereocenters. The van der Waals surface area contributed by atoms with Gasteiger partial charge in [-0.15, -0.1) is 0 Å². The Kier molecular flexibility index (Phi) is 7.26. The number of piperazine rings is 1. The lowest BCUT2D eigenvalue weighted by Crippen LogP contribution is -2.52. The van der Waals surface area contributed by atoms with E-state index in [1.807, 2.05) is 35.2 Å². The molecule has 2 fully saturated rings. The molecule has 186 valence electrons. The number of furan rings is 1. The van der Waals surface area contributed by atoms with Gasteiger partial charge in [-0.1, -0.05) is 37.3 Å². The van der Waals surface area contributed by atoms with Gasteiger partial charge in [0.25, 0.3) is 5.56 Å². The monoisotopic (exact) mass is 479 g/mol. The smallest absolute Gasteiger partial charge is 0.265 e. The lowest BCUT2D eigenvalue weighted by Gasteiger charge is -2.39. The number of morpholine rings is 1. The summed E-state index contributed by atoms with van der Waals surface area (Å²) in [5, 5.41) is 0.506. The van der Waals surface area contributed by atoms with Crippen LogP contribution in [-0.2, 0) is 16.1 Å². The van der Waals surface area contributed by atoms with Crippen molar-refractivity contribution in [3.8, 4) is 0 Å². The van der Waals surface area contributed by atoms with E-state index in [0.717, 1.165) is 44.0 Å². The number of hydrogen-bond donors (Lipinski definition) is 0. The van der Waals surface area contributed by atoms with E-state index in [4.69, 9.17) is 14.1 Å². The van der Waals surface area contributed by atoms with Crippen molar-refractivity contribution in [1.82, 2.24) is 24.3 Å². The van der Waals surface area contributed by atoms with Crippen LogP contribution in [0.15, 0.2) is 51.9 Å². The topological polar surface area (TPSA) is 84.1 Å². The maximum absolute atomic E-state index is 13.4. The minimum Gasteiger partial charge on any atom is -0.446 e. The maximum Gasteiger partial charge on any atom is 0.265 e. The zero-order valence-corrected chi connectivity index (χ0v) is 20.3. The predicted molar refractivity (Wildman–Crippen MR) is 132 cm³/mol. The highest BCUT2D eigenvalue weighted by atomic mass is 16.5. The fourth-order valence-electron chi connectivity index (χ4n) is 5.08. The highest BCUT2D eigenvalue weighted by Crippen LogP contribution is 2.26. The second kappa shape index (κ2) is 10.7. The Morgan fingerprint density at radius 3 is 2.49 bits per heavy atom. The summed E-state index contributed by atoms with van der Waals surface area (Å²) in [4.78, 5) is 37.4. The number of aromatic nitrogens is 2. The molecule has 0 N–H and O–H groups in total. The summed E-state index contributed by atoms with van der Waals surface area (Å²) in [6, 6.07) is 11.7. The second-order valence-corrected chi connectivity index (χ2v) is 9.22. The third-order valence-electron chi connectivity index (χ3n) is 7.05. The fourth-order valence-corrected chi connectivity index (χ4v) is 5.08. The molecule has 0 saturated carbocycles. The minimum absolute atomic E-state index is 0.0157. The minimum atomic E-state index is -0.0733. The zero-order chi connectivity index (χ0) is 24.2. The van der Waals surface area contributed by atoms with E-state index >= 15 is 0 Å². The predicted octanol–water partition coefficient (Wildman–Crippen LogP) is 1.97. The maximum atomic E-state index is 13.4. The average molecular weight is 480 g/mol. The van der Waals surface area contributed by atoms with Crippen LogP contribution in [0.5, 0.6) is 0 Å². The number of fused-ring (bicyclic) bond motifs is 1. The second-order valence-electron chi connectivity index (χ2n) is 9.22. The molecule has 0 radical (unpaired) electrons. The van der Waals surface area contributed by atoms with E-state index in [9.17, 15) is 9.59 Å². The standard InChI is InChI=1S/C26H33N5O4/c1-2-22(29-11-9-28(10-12-29)19-23(32)30-13-16-34-17-14-30)24-27-25-21(8-15-35-25)26(33)31(24)18-20-6-4-3-5-7-20/h3-8,15,22H,2,9-14,16-19H2,1H3. The molecule has 2 saturated heterocycles. The number of nitrogens with zero attached hydrogens (tertiary/aromatic N) is 5. The van der Waals surface area contributed by atoms with Crippen molar-refractivity contribution < 1.29 is 13.9 Å². The SMILES string of the molecule is CCC(c1nc2occc2c(=O)n1Cc1ccccc1)N1CCN(CC(=O)N2CCOCC2)CC1. The first kappa shape index (κ1) is 23.7. The van der Waals surface area contributed by atoms with Crippen molar-refractivity contribution >= 4 is 17.0 Å². The van der Waals surface area contributed by atoms with Crippen LogP contribution in [-0.4, -0.2) is 89.2 Å². The molecule has 2 aliphatic rings. The van der Waals surface area contributed by atoms with E-state index in [-0.39, 0.29) is 17.5 Å². The number of benzene rings is 1. The average Bonchev–Trinajstić information content (AvgIpc) is 3.38. The highest BCUT2D eigenvalue weighted by molar-refractivity contribution is 5.78. The quantitative estimate of drug-likeness (QED) is 0.512. The Morgan fingerprint density at radius 1 is 1.03 bits per heavy atom. The summed E-state index contributed by atoms with van der Waals surface area (Å²) in [5.41, 5.74) is 1.38. The van der Waals surface area contributed by atoms with Gasteiger partial charge in [0.1, 0.15) is 11.2 Å². The van der Waals surface area contributed by atoms with Crippen LogP contribution >= 0.6 is 0 Å². The molecule has 4 heterocycles. The third-order valence-corrected chi connectivity index (χ3v) is 7.05. The first-order chi connectivity index (χ1) is 17.1.